The van der Waals surface area contributed by atoms with Gasteiger partial charge in [0, 0.05) is 30.6 Å². The van der Waals surface area contributed by atoms with Gasteiger partial charge in [-0.3, -0.25) is 4.79 Å². The molecule has 1 aromatic carbocycles. The van der Waals surface area contributed by atoms with Crippen LogP contribution in [0.1, 0.15) is 25.8 Å². The number of halogens is 1. The molecule has 1 aromatic rings. The SMILES string of the molecule is CCOC[C@@H]1CCN(C(=O)[C@@](C)(O)c2ccc(Cl)cc2)C1. The molecule has 0 bridgehead atoms. The van der Waals surface area contributed by atoms with E-state index in [-0.39, 0.29) is 5.91 Å². The van der Waals surface area contributed by atoms with E-state index in [0.717, 1.165) is 6.42 Å². The van der Waals surface area contributed by atoms with Gasteiger partial charge in [-0.15, -0.1) is 0 Å². The highest BCUT2D eigenvalue weighted by atomic mass is 35.5. The predicted molar refractivity (Wildman–Crippen MR) is 82.2 cm³/mol. The number of aliphatic hydroxyl groups is 1. The molecule has 0 aliphatic carbocycles. The Bertz CT molecular complexity index is 487. The lowest BCUT2D eigenvalue weighted by Crippen LogP contribution is -2.44. The number of rotatable bonds is 5. The van der Waals surface area contributed by atoms with Crippen LogP contribution in [0.2, 0.25) is 5.02 Å². The van der Waals surface area contributed by atoms with Crippen molar-refractivity contribution in [2.45, 2.75) is 25.9 Å². The monoisotopic (exact) mass is 311 g/mol. The molecule has 0 radical (unpaired) electrons. The molecule has 0 unspecified atom stereocenters. The highest BCUT2D eigenvalue weighted by Gasteiger charge is 2.39. The minimum Gasteiger partial charge on any atom is -0.381 e. The minimum absolute atomic E-state index is 0.260. The number of likely N-dealkylation sites (tertiary alicyclic amines) is 1. The molecule has 1 amide bonds. The average Bonchev–Trinajstić information content (AvgIpc) is 2.93. The van der Waals surface area contributed by atoms with Crippen molar-refractivity contribution >= 4 is 17.5 Å². The summed E-state index contributed by atoms with van der Waals surface area (Å²) in [5.41, 5.74) is -0.962. The largest absolute Gasteiger partial charge is 0.381 e. The number of carbonyl (C=O) groups excluding carboxylic acids is 1. The van der Waals surface area contributed by atoms with Crippen molar-refractivity contribution in [3.05, 3.63) is 34.9 Å². The summed E-state index contributed by atoms with van der Waals surface area (Å²) in [5.74, 6) is 0.0961. The van der Waals surface area contributed by atoms with Crippen LogP contribution in [0.5, 0.6) is 0 Å². The number of benzene rings is 1. The van der Waals surface area contributed by atoms with Crippen LogP contribution in [-0.2, 0) is 15.1 Å². The Hall–Kier alpha value is -1.10. The van der Waals surface area contributed by atoms with Crippen LogP contribution in [0.3, 0.4) is 0 Å². The summed E-state index contributed by atoms with van der Waals surface area (Å²) in [6, 6.07) is 6.74. The van der Waals surface area contributed by atoms with Gasteiger partial charge in [-0.2, -0.15) is 0 Å². The second kappa shape index (κ2) is 6.77. The molecule has 1 aliphatic rings. The number of nitrogens with zero attached hydrogens (tertiary/aromatic N) is 1. The van der Waals surface area contributed by atoms with E-state index in [9.17, 15) is 9.90 Å². The van der Waals surface area contributed by atoms with E-state index in [4.69, 9.17) is 16.3 Å². The van der Waals surface area contributed by atoms with Crippen molar-refractivity contribution in [2.75, 3.05) is 26.3 Å². The van der Waals surface area contributed by atoms with Crippen LogP contribution in [0.25, 0.3) is 0 Å². The van der Waals surface area contributed by atoms with E-state index in [1.165, 1.54) is 6.92 Å². The van der Waals surface area contributed by atoms with Crippen LogP contribution < -0.4 is 0 Å². The number of carbonyl (C=O) groups is 1. The first kappa shape index (κ1) is 16.3. The molecule has 21 heavy (non-hydrogen) atoms. The third-order valence-corrected chi connectivity index (χ3v) is 4.21. The highest BCUT2D eigenvalue weighted by molar-refractivity contribution is 6.30. The van der Waals surface area contributed by atoms with Crippen molar-refractivity contribution < 1.29 is 14.6 Å². The lowest BCUT2D eigenvalue weighted by atomic mass is 9.94. The van der Waals surface area contributed by atoms with Gasteiger partial charge in [-0.05, 0) is 38.0 Å². The van der Waals surface area contributed by atoms with Gasteiger partial charge in [-0.1, -0.05) is 23.7 Å². The Labute approximate surface area is 130 Å². The molecular formula is C16H22ClNO3. The number of amides is 1. The zero-order valence-electron chi connectivity index (χ0n) is 12.5. The molecule has 1 saturated heterocycles. The maximum atomic E-state index is 12.6. The van der Waals surface area contributed by atoms with E-state index < -0.39 is 5.60 Å². The molecule has 1 fully saturated rings. The Morgan fingerprint density at radius 2 is 2.14 bits per heavy atom. The first-order valence-corrected chi connectivity index (χ1v) is 7.68. The summed E-state index contributed by atoms with van der Waals surface area (Å²) < 4.78 is 5.41. The van der Waals surface area contributed by atoms with E-state index in [1.54, 1.807) is 29.2 Å². The zero-order chi connectivity index (χ0) is 15.5. The van der Waals surface area contributed by atoms with Gasteiger partial charge in [-0.25, -0.2) is 0 Å². The molecule has 1 aliphatic heterocycles. The quantitative estimate of drug-likeness (QED) is 0.908. The fourth-order valence-electron chi connectivity index (χ4n) is 2.64. The minimum atomic E-state index is -1.52. The lowest BCUT2D eigenvalue weighted by molar-refractivity contribution is -0.149. The summed E-state index contributed by atoms with van der Waals surface area (Å²) in [7, 11) is 0. The number of hydrogen-bond donors (Lipinski definition) is 1. The van der Waals surface area contributed by atoms with Crippen LogP contribution in [0.4, 0.5) is 0 Å². The first-order valence-electron chi connectivity index (χ1n) is 7.30. The van der Waals surface area contributed by atoms with Gasteiger partial charge in [0.05, 0.1) is 6.61 Å². The van der Waals surface area contributed by atoms with Gasteiger partial charge < -0.3 is 14.7 Å². The molecule has 5 heteroatoms. The van der Waals surface area contributed by atoms with E-state index in [1.807, 2.05) is 6.92 Å². The Morgan fingerprint density at radius 1 is 1.48 bits per heavy atom. The number of ether oxygens (including phenoxy) is 1. The summed E-state index contributed by atoms with van der Waals surface area (Å²) in [4.78, 5) is 14.3. The second-order valence-electron chi connectivity index (χ2n) is 5.64. The second-order valence-corrected chi connectivity index (χ2v) is 6.08. The molecule has 1 heterocycles. The smallest absolute Gasteiger partial charge is 0.258 e. The van der Waals surface area contributed by atoms with E-state index >= 15 is 0 Å². The molecule has 0 aromatic heterocycles. The van der Waals surface area contributed by atoms with Gasteiger partial charge in [0.25, 0.3) is 5.91 Å². The van der Waals surface area contributed by atoms with Crippen LogP contribution in [0.15, 0.2) is 24.3 Å². The molecule has 0 saturated carbocycles. The van der Waals surface area contributed by atoms with Crippen LogP contribution in [0, 0.1) is 5.92 Å². The Kier molecular flexibility index (Phi) is 5.25. The first-order chi connectivity index (χ1) is 9.95. The molecule has 4 nitrogen and oxygen atoms in total. The van der Waals surface area contributed by atoms with E-state index in [0.29, 0.717) is 42.8 Å². The molecular weight excluding hydrogens is 290 g/mol. The van der Waals surface area contributed by atoms with Crippen LogP contribution >= 0.6 is 11.6 Å². The maximum Gasteiger partial charge on any atom is 0.258 e. The molecule has 2 atom stereocenters. The lowest BCUT2D eigenvalue weighted by Gasteiger charge is -2.28. The third-order valence-electron chi connectivity index (χ3n) is 3.95. The zero-order valence-corrected chi connectivity index (χ0v) is 13.3. The van der Waals surface area contributed by atoms with E-state index in [2.05, 4.69) is 0 Å². The molecule has 2 rings (SSSR count). The van der Waals surface area contributed by atoms with Crippen molar-refractivity contribution in [1.82, 2.24) is 4.90 Å². The van der Waals surface area contributed by atoms with Crippen molar-refractivity contribution in [2.24, 2.45) is 5.92 Å². The Balaban J connectivity index is 2.03. The fraction of sp³-hybridized carbons (Fsp3) is 0.562. The highest BCUT2D eigenvalue weighted by Crippen LogP contribution is 2.27. The van der Waals surface area contributed by atoms with Gasteiger partial charge >= 0.3 is 0 Å². The molecule has 0 spiro atoms. The predicted octanol–water partition coefficient (Wildman–Crippen LogP) is 2.43. The van der Waals surface area contributed by atoms with Crippen molar-refractivity contribution in [3.63, 3.8) is 0 Å². The average molecular weight is 312 g/mol. The maximum absolute atomic E-state index is 12.6. The van der Waals surface area contributed by atoms with Gasteiger partial charge in [0.1, 0.15) is 0 Å². The van der Waals surface area contributed by atoms with Crippen molar-refractivity contribution in [1.29, 1.82) is 0 Å². The van der Waals surface area contributed by atoms with Crippen molar-refractivity contribution in [3.8, 4) is 0 Å². The topological polar surface area (TPSA) is 49.8 Å². The summed E-state index contributed by atoms with van der Waals surface area (Å²) in [6.45, 7) is 6.16. The summed E-state index contributed by atoms with van der Waals surface area (Å²) >= 11 is 5.85. The molecule has 116 valence electrons. The summed E-state index contributed by atoms with van der Waals surface area (Å²) in [5, 5.41) is 11.2. The number of hydrogen-bond acceptors (Lipinski definition) is 3. The fourth-order valence-corrected chi connectivity index (χ4v) is 2.77. The normalized spacial score (nSPS) is 21.3. The summed E-state index contributed by atoms with van der Waals surface area (Å²) in [6.07, 6.45) is 0.919. The third kappa shape index (κ3) is 3.76. The van der Waals surface area contributed by atoms with Crippen LogP contribution in [-0.4, -0.2) is 42.2 Å². The standard InChI is InChI=1S/C16H22ClNO3/c1-3-21-11-12-8-9-18(10-12)15(19)16(2,20)13-4-6-14(17)7-5-13/h4-7,12,20H,3,8-11H2,1-2H3/t12-,16+/m1/s1. The Morgan fingerprint density at radius 3 is 2.76 bits per heavy atom. The molecule has 1 N–H and O–H groups in total. The van der Waals surface area contributed by atoms with Gasteiger partial charge in [0.15, 0.2) is 5.60 Å². The van der Waals surface area contributed by atoms with Gasteiger partial charge in [0.2, 0.25) is 0 Å².